The van der Waals surface area contributed by atoms with E-state index >= 15 is 0 Å². The van der Waals surface area contributed by atoms with E-state index in [0.29, 0.717) is 13.0 Å². The Morgan fingerprint density at radius 1 is 1.15 bits per heavy atom. The lowest BCUT2D eigenvalue weighted by atomic mass is 9.85. The third-order valence-corrected chi connectivity index (χ3v) is 7.49. The number of Topliss-reactive ketones (excluding diaryl/α,β-unsaturated/α-hetero) is 1. The number of amides is 4. The number of carbonyl (C=O) groups excluding carboxylic acids is 5. The minimum Gasteiger partial charge on any atom is -0.363 e. The molecule has 0 aromatic rings. The molecule has 1 heterocycles. The molecule has 3 rings (SSSR count). The summed E-state index contributed by atoms with van der Waals surface area (Å²) in [6.45, 7) is 13.5. The third-order valence-electron chi connectivity index (χ3n) is 7.49. The number of ketones is 1. The van der Waals surface area contributed by atoms with Gasteiger partial charge in [0.05, 0.1) is 6.04 Å². The molecule has 9 heteroatoms. The maximum absolute atomic E-state index is 13.6. The summed E-state index contributed by atoms with van der Waals surface area (Å²) in [5, 5.41) is 5.44. The summed E-state index contributed by atoms with van der Waals surface area (Å²) in [6.07, 6.45) is 3.37. The molecule has 0 aromatic carbocycles. The van der Waals surface area contributed by atoms with Crippen LogP contribution in [0.15, 0.2) is 12.7 Å². The molecule has 182 valence electrons. The van der Waals surface area contributed by atoms with Gasteiger partial charge in [0.15, 0.2) is 0 Å². The van der Waals surface area contributed by atoms with E-state index in [1.165, 1.54) is 4.90 Å². The van der Waals surface area contributed by atoms with Gasteiger partial charge in [-0.3, -0.25) is 24.0 Å². The molecule has 0 radical (unpaired) electrons. The molecule has 4 amide bonds. The second-order valence-corrected chi connectivity index (χ2v) is 11.4. The average Bonchev–Trinajstić information content (AvgIpc) is 3.56. The van der Waals surface area contributed by atoms with E-state index in [1.54, 1.807) is 0 Å². The molecule has 0 aromatic heterocycles. The summed E-state index contributed by atoms with van der Waals surface area (Å²) < 4.78 is 0. The number of rotatable bonds is 9. The Balaban J connectivity index is 1.85. The first-order valence-electron chi connectivity index (χ1n) is 11.6. The Morgan fingerprint density at radius 3 is 2.24 bits per heavy atom. The molecule has 3 aliphatic rings. The van der Waals surface area contributed by atoms with E-state index in [2.05, 4.69) is 31.1 Å². The van der Waals surface area contributed by atoms with Crippen LogP contribution in [0.1, 0.15) is 53.9 Å². The van der Waals surface area contributed by atoms with Crippen molar-refractivity contribution in [2.24, 2.45) is 34.3 Å². The SMILES string of the molecule is C=CC(=O)N[C@H](C(=O)N1C[C@H]2[C@@H]([C@H]1C(=O)NC(CC1CC1)C(=O)C(N)=O)C2(C)C)C(C)(C)C. The molecule has 1 saturated heterocycles. The molecule has 4 N–H and O–H groups in total. The maximum Gasteiger partial charge on any atom is 0.287 e. The summed E-state index contributed by atoms with van der Waals surface area (Å²) in [7, 11) is 0. The molecule has 1 unspecified atom stereocenters. The number of hydrogen-bond acceptors (Lipinski definition) is 5. The second-order valence-electron chi connectivity index (χ2n) is 11.4. The number of nitrogens with zero attached hydrogens (tertiary/aromatic N) is 1. The van der Waals surface area contributed by atoms with Gasteiger partial charge in [-0.15, -0.1) is 0 Å². The third kappa shape index (κ3) is 4.96. The summed E-state index contributed by atoms with van der Waals surface area (Å²) in [4.78, 5) is 64.5. The average molecular weight is 461 g/mol. The Labute approximate surface area is 194 Å². The first-order valence-corrected chi connectivity index (χ1v) is 11.6. The first kappa shape index (κ1) is 24.9. The van der Waals surface area contributed by atoms with Crippen molar-refractivity contribution < 1.29 is 24.0 Å². The Bertz CT molecular complexity index is 886. The maximum atomic E-state index is 13.6. The Kier molecular flexibility index (Phi) is 6.47. The van der Waals surface area contributed by atoms with Crippen LogP contribution in [-0.2, 0) is 24.0 Å². The van der Waals surface area contributed by atoms with Crippen LogP contribution in [0.5, 0.6) is 0 Å². The number of likely N-dealkylation sites (tertiary alicyclic amines) is 1. The lowest BCUT2D eigenvalue weighted by molar-refractivity contribution is -0.146. The van der Waals surface area contributed by atoms with Crippen molar-refractivity contribution in [1.29, 1.82) is 0 Å². The van der Waals surface area contributed by atoms with Crippen LogP contribution in [-0.4, -0.2) is 59.0 Å². The van der Waals surface area contributed by atoms with Gasteiger partial charge >= 0.3 is 0 Å². The topological polar surface area (TPSA) is 139 Å². The van der Waals surface area contributed by atoms with E-state index < -0.39 is 47.0 Å². The van der Waals surface area contributed by atoms with Crippen LogP contribution >= 0.6 is 0 Å². The number of nitrogens with two attached hydrogens (primary N) is 1. The van der Waals surface area contributed by atoms with Gasteiger partial charge < -0.3 is 21.3 Å². The monoisotopic (exact) mass is 460 g/mol. The van der Waals surface area contributed by atoms with Gasteiger partial charge in [0.1, 0.15) is 12.1 Å². The van der Waals surface area contributed by atoms with Crippen LogP contribution in [0.3, 0.4) is 0 Å². The second kappa shape index (κ2) is 8.57. The van der Waals surface area contributed by atoms with E-state index in [1.807, 2.05) is 20.8 Å². The van der Waals surface area contributed by atoms with E-state index in [4.69, 9.17) is 5.73 Å². The fourth-order valence-corrected chi connectivity index (χ4v) is 5.18. The van der Waals surface area contributed by atoms with Crippen molar-refractivity contribution in [3.8, 4) is 0 Å². The molecule has 9 nitrogen and oxygen atoms in total. The lowest BCUT2D eigenvalue weighted by Gasteiger charge is -2.37. The van der Waals surface area contributed by atoms with Gasteiger partial charge in [0.25, 0.3) is 5.91 Å². The normalized spacial score (nSPS) is 27.1. The van der Waals surface area contributed by atoms with E-state index in [9.17, 15) is 24.0 Å². The van der Waals surface area contributed by atoms with Gasteiger partial charge in [0.2, 0.25) is 23.5 Å². The fourth-order valence-electron chi connectivity index (χ4n) is 5.18. The summed E-state index contributed by atoms with van der Waals surface area (Å²) in [6, 6.07) is -2.63. The number of hydrogen-bond donors (Lipinski definition) is 3. The summed E-state index contributed by atoms with van der Waals surface area (Å²) in [5.41, 5.74) is 4.48. The predicted octanol–water partition coefficient (Wildman–Crippen LogP) is 0.526. The molecule has 5 atom stereocenters. The van der Waals surface area contributed by atoms with Crippen LogP contribution in [0.4, 0.5) is 0 Å². The Morgan fingerprint density at radius 2 is 1.76 bits per heavy atom. The summed E-state index contributed by atoms with van der Waals surface area (Å²) in [5.74, 6) is -2.81. The number of carbonyl (C=O) groups is 5. The Hall–Kier alpha value is -2.71. The van der Waals surface area contributed by atoms with Crippen molar-refractivity contribution in [2.45, 2.75) is 72.0 Å². The molecular formula is C24H36N4O5. The molecule has 2 saturated carbocycles. The lowest BCUT2D eigenvalue weighted by Crippen LogP contribution is -2.60. The first-order chi connectivity index (χ1) is 15.2. The van der Waals surface area contributed by atoms with Crippen LogP contribution < -0.4 is 16.4 Å². The van der Waals surface area contributed by atoms with E-state index in [0.717, 1.165) is 18.9 Å². The largest absolute Gasteiger partial charge is 0.363 e. The molecule has 1 aliphatic heterocycles. The molecular weight excluding hydrogens is 424 g/mol. The quantitative estimate of drug-likeness (QED) is 0.340. The van der Waals surface area contributed by atoms with E-state index in [-0.39, 0.29) is 29.1 Å². The molecule has 0 bridgehead atoms. The zero-order valence-corrected chi connectivity index (χ0v) is 20.1. The van der Waals surface area contributed by atoms with Crippen LogP contribution in [0, 0.1) is 28.6 Å². The van der Waals surface area contributed by atoms with Crippen molar-refractivity contribution in [1.82, 2.24) is 15.5 Å². The minimum absolute atomic E-state index is 0.0672. The number of nitrogens with one attached hydrogen (secondary N) is 2. The minimum atomic E-state index is -1.08. The van der Waals surface area contributed by atoms with Crippen LogP contribution in [0.25, 0.3) is 0 Å². The van der Waals surface area contributed by atoms with Gasteiger partial charge in [-0.25, -0.2) is 0 Å². The highest BCUT2D eigenvalue weighted by Crippen LogP contribution is 2.65. The van der Waals surface area contributed by atoms with Crippen molar-refractivity contribution in [3.05, 3.63) is 12.7 Å². The molecule has 2 aliphatic carbocycles. The number of fused-ring (bicyclic) bond motifs is 1. The van der Waals surface area contributed by atoms with Gasteiger partial charge in [-0.1, -0.05) is 54.0 Å². The van der Waals surface area contributed by atoms with Crippen molar-refractivity contribution >= 4 is 29.4 Å². The zero-order chi connectivity index (χ0) is 24.9. The fraction of sp³-hybridized carbons (Fsp3) is 0.708. The standard InChI is InChI=1S/C24H36N4O5/c1-7-15(29)27-19(23(2,3)4)22(33)28-11-13-16(24(13,5)6)17(28)21(32)26-14(10-12-8-9-12)18(30)20(25)31/h7,12-14,16-17,19H,1,8-11H2,2-6H3,(H2,25,31)(H,26,32)(H,27,29)/t13-,14?,16-,17-,19+/m0/s1. The predicted molar refractivity (Wildman–Crippen MR) is 121 cm³/mol. The number of piperidine rings is 1. The summed E-state index contributed by atoms with van der Waals surface area (Å²) >= 11 is 0. The van der Waals surface area contributed by atoms with Gasteiger partial charge in [-0.05, 0) is 41.1 Å². The zero-order valence-electron chi connectivity index (χ0n) is 20.1. The smallest absolute Gasteiger partial charge is 0.287 e. The van der Waals surface area contributed by atoms with Gasteiger partial charge in [0, 0.05) is 6.54 Å². The molecule has 0 spiro atoms. The molecule has 33 heavy (non-hydrogen) atoms. The van der Waals surface area contributed by atoms with Gasteiger partial charge in [-0.2, -0.15) is 0 Å². The highest BCUT2D eigenvalue weighted by atomic mass is 16.2. The van der Waals surface area contributed by atoms with Crippen molar-refractivity contribution in [2.75, 3.05) is 6.54 Å². The molecule has 3 fully saturated rings. The highest BCUT2D eigenvalue weighted by molar-refractivity contribution is 6.37. The number of primary amides is 1. The van der Waals surface area contributed by atoms with Crippen LogP contribution in [0.2, 0.25) is 0 Å². The highest BCUT2D eigenvalue weighted by Gasteiger charge is 2.69. The van der Waals surface area contributed by atoms with Crippen molar-refractivity contribution in [3.63, 3.8) is 0 Å².